The van der Waals surface area contributed by atoms with E-state index in [0.717, 1.165) is 5.56 Å². The molecule has 96 valence electrons. The summed E-state index contributed by atoms with van der Waals surface area (Å²) in [4.78, 5) is 2.55. The van der Waals surface area contributed by atoms with Gasteiger partial charge in [0.25, 0.3) is 0 Å². The molecule has 0 spiro atoms. The summed E-state index contributed by atoms with van der Waals surface area (Å²) in [6.07, 6.45) is 0. The second-order valence-electron chi connectivity index (χ2n) is 6.50. The molecule has 17 heavy (non-hydrogen) atoms. The molecule has 0 saturated heterocycles. The molecule has 0 heterocycles. The third-order valence-electron chi connectivity index (χ3n) is 2.85. The zero-order valence-corrected chi connectivity index (χ0v) is 12.5. The quantitative estimate of drug-likeness (QED) is 0.494. The van der Waals surface area contributed by atoms with Crippen LogP contribution in [0.2, 0.25) is 0 Å². The van der Waals surface area contributed by atoms with Crippen molar-refractivity contribution in [3.63, 3.8) is 0 Å². The van der Waals surface area contributed by atoms with Gasteiger partial charge in [-0.2, -0.15) is 0 Å². The molecule has 1 rings (SSSR count). The van der Waals surface area contributed by atoms with Crippen LogP contribution < -0.4 is 0 Å². The molecule has 0 aliphatic rings. The van der Waals surface area contributed by atoms with Gasteiger partial charge in [-0.15, -0.1) is 0 Å². The summed E-state index contributed by atoms with van der Waals surface area (Å²) in [6.45, 7) is 13.3. The monoisotopic (exact) mass is 276 g/mol. The minimum absolute atomic E-state index is 0.136. The standard InChI is InChI=1S/C16H21.Cu/c1-8-12-9-13(15(2,3)4)11-14(10-12)16(5,6)7;/h9-11H,2-7H3;. The molecular formula is C16H21Cu. The summed E-state index contributed by atoms with van der Waals surface area (Å²) >= 11 is 4.89. The van der Waals surface area contributed by atoms with E-state index in [-0.39, 0.29) is 10.8 Å². The number of rotatable bonds is 0. The Kier molecular flexibility index (Phi) is 4.13. The topological polar surface area (TPSA) is 0 Å². The summed E-state index contributed by atoms with van der Waals surface area (Å²) in [6, 6.07) is 6.57. The predicted molar refractivity (Wildman–Crippen MR) is 70.7 cm³/mol. The van der Waals surface area contributed by atoms with Gasteiger partial charge in [0, 0.05) is 0 Å². The first-order valence-corrected chi connectivity index (χ1v) is 6.35. The number of hydrogen-bond acceptors (Lipinski definition) is 0. The Morgan fingerprint density at radius 2 is 1.24 bits per heavy atom. The van der Waals surface area contributed by atoms with Crippen molar-refractivity contribution in [2.75, 3.05) is 0 Å². The molecule has 1 aromatic carbocycles. The Hall–Kier alpha value is -0.701. The second-order valence-corrected chi connectivity index (χ2v) is 6.73. The Morgan fingerprint density at radius 1 is 0.824 bits per heavy atom. The fraction of sp³-hybridized carbons (Fsp3) is 0.500. The third-order valence-corrected chi connectivity index (χ3v) is 2.96. The maximum atomic E-state index is 4.89. The summed E-state index contributed by atoms with van der Waals surface area (Å²) in [5, 5.41) is 0. The molecule has 0 amide bonds. The molecule has 0 aromatic heterocycles. The van der Waals surface area contributed by atoms with E-state index in [1.807, 2.05) is 0 Å². The maximum absolute atomic E-state index is 4.89. The van der Waals surface area contributed by atoms with E-state index in [0.29, 0.717) is 0 Å². The van der Waals surface area contributed by atoms with E-state index >= 15 is 0 Å². The van der Waals surface area contributed by atoms with Crippen LogP contribution in [0.15, 0.2) is 18.2 Å². The van der Waals surface area contributed by atoms with Crippen molar-refractivity contribution in [1.29, 1.82) is 0 Å². The molecule has 0 aliphatic heterocycles. The zero-order valence-electron chi connectivity index (χ0n) is 11.5. The third kappa shape index (κ3) is 3.91. The predicted octanol–water partition coefficient (Wildman–Crippen LogP) is 4.14. The van der Waals surface area contributed by atoms with Gasteiger partial charge in [-0.3, -0.25) is 0 Å². The Balaban J connectivity index is 3.43. The molecule has 0 N–H and O–H groups in total. The van der Waals surface area contributed by atoms with Gasteiger partial charge in [-0.1, -0.05) is 0 Å². The van der Waals surface area contributed by atoms with E-state index in [2.05, 4.69) is 70.5 Å². The SMILES string of the molecule is CC(C)(C)c1cc(C#[C][Cu])cc(C(C)(C)C)c1. The first kappa shape index (κ1) is 14.4. The summed E-state index contributed by atoms with van der Waals surface area (Å²) in [5.74, 6) is 2.99. The van der Waals surface area contributed by atoms with Crippen molar-refractivity contribution >= 4 is 0 Å². The van der Waals surface area contributed by atoms with Gasteiger partial charge in [0.05, 0.1) is 0 Å². The molecule has 1 heteroatoms. The normalized spacial score (nSPS) is 12.0. The van der Waals surface area contributed by atoms with Crippen LogP contribution in [-0.4, -0.2) is 0 Å². The van der Waals surface area contributed by atoms with Crippen molar-refractivity contribution in [1.82, 2.24) is 0 Å². The second kappa shape index (κ2) is 4.89. The van der Waals surface area contributed by atoms with Crippen LogP contribution in [0, 0.1) is 10.7 Å². The van der Waals surface area contributed by atoms with Gasteiger partial charge in [0.1, 0.15) is 0 Å². The molecule has 0 atom stereocenters. The van der Waals surface area contributed by atoms with Crippen molar-refractivity contribution in [3.8, 4) is 10.7 Å². The zero-order chi connectivity index (χ0) is 13.3. The minimum atomic E-state index is 0.136. The molecule has 0 fully saturated rings. The van der Waals surface area contributed by atoms with Crippen molar-refractivity contribution in [2.45, 2.75) is 52.4 Å². The molecular weight excluding hydrogens is 256 g/mol. The van der Waals surface area contributed by atoms with Crippen LogP contribution in [0.25, 0.3) is 0 Å². The van der Waals surface area contributed by atoms with Gasteiger partial charge in [-0.05, 0) is 0 Å². The average Bonchev–Trinajstić information content (AvgIpc) is 2.15. The number of benzene rings is 1. The fourth-order valence-corrected chi connectivity index (χ4v) is 1.75. The van der Waals surface area contributed by atoms with Crippen LogP contribution in [0.1, 0.15) is 58.2 Å². The summed E-state index contributed by atoms with van der Waals surface area (Å²) in [5.41, 5.74) is 3.92. The van der Waals surface area contributed by atoms with Gasteiger partial charge in [0.15, 0.2) is 0 Å². The van der Waals surface area contributed by atoms with Gasteiger partial charge in [-0.25, -0.2) is 0 Å². The van der Waals surface area contributed by atoms with Crippen LogP contribution in [-0.2, 0) is 26.8 Å². The van der Waals surface area contributed by atoms with Crippen molar-refractivity contribution in [3.05, 3.63) is 34.9 Å². The molecule has 0 bridgehead atoms. The Labute approximate surface area is 114 Å². The molecule has 0 aliphatic carbocycles. The molecule has 0 nitrogen and oxygen atoms in total. The fourth-order valence-electron chi connectivity index (χ4n) is 1.61. The number of hydrogen-bond donors (Lipinski definition) is 0. The van der Waals surface area contributed by atoms with Crippen LogP contribution in [0.4, 0.5) is 0 Å². The molecule has 0 unspecified atom stereocenters. The van der Waals surface area contributed by atoms with E-state index in [1.165, 1.54) is 11.1 Å². The van der Waals surface area contributed by atoms with Crippen molar-refractivity contribution < 1.29 is 16.0 Å². The van der Waals surface area contributed by atoms with Crippen LogP contribution in [0.5, 0.6) is 0 Å². The van der Waals surface area contributed by atoms with Gasteiger partial charge < -0.3 is 0 Å². The molecule has 1 aromatic rings. The Morgan fingerprint density at radius 3 is 1.53 bits per heavy atom. The van der Waals surface area contributed by atoms with E-state index < -0.39 is 0 Å². The molecule has 0 radical (unpaired) electrons. The van der Waals surface area contributed by atoms with E-state index in [9.17, 15) is 0 Å². The van der Waals surface area contributed by atoms with Crippen LogP contribution >= 0.6 is 0 Å². The average molecular weight is 277 g/mol. The van der Waals surface area contributed by atoms with Crippen molar-refractivity contribution in [2.24, 2.45) is 0 Å². The summed E-state index contributed by atoms with van der Waals surface area (Å²) in [7, 11) is 0. The van der Waals surface area contributed by atoms with E-state index in [1.54, 1.807) is 0 Å². The first-order chi connectivity index (χ1) is 7.64. The molecule has 0 saturated carbocycles. The van der Waals surface area contributed by atoms with Gasteiger partial charge in [0.2, 0.25) is 0 Å². The van der Waals surface area contributed by atoms with E-state index in [4.69, 9.17) is 16.0 Å². The Bertz CT molecular complexity index is 427. The van der Waals surface area contributed by atoms with Crippen LogP contribution in [0.3, 0.4) is 0 Å². The van der Waals surface area contributed by atoms with Gasteiger partial charge >= 0.3 is 114 Å². The summed E-state index contributed by atoms with van der Waals surface area (Å²) < 4.78 is 0. The first-order valence-electron chi connectivity index (χ1n) is 5.88.